The molecule has 0 aromatic carbocycles. The maximum atomic E-state index is 12.6. The molecular formula is C39H72O14P2. The maximum absolute atomic E-state index is 12.6. The second kappa shape index (κ2) is 34.3. The first-order valence-corrected chi connectivity index (χ1v) is 23.4. The van der Waals surface area contributed by atoms with E-state index in [9.17, 15) is 33.5 Å². The number of allylic oxidation sites excluding steroid dienone is 4. The fourth-order valence-electron chi connectivity index (χ4n) is 5.30. The summed E-state index contributed by atoms with van der Waals surface area (Å²) >= 11 is 0. The average Bonchev–Trinajstić information content (AvgIpc) is 3.13. The molecule has 0 heterocycles. The van der Waals surface area contributed by atoms with Crippen LogP contribution in [0.3, 0.4) is 0 Å². The average molecular weight is 827 g/mol. The molecule has 0 aromatic heterocycles. The third-order valence-corrected chi connectivity index (χ3v) is 10.3. The Morgan fingerprint density at radius 3 is 1.80 bits per heavy atom. The largest absolute Gasteiger partial charge is 0.472 e. The van der Waals surface area contributed by atoms with E-state index in [0.29, 0.717) is 19.3 Å². The molecule has 55 heavy (non-hydrogen) atoms. The first-order chi connectivity index (χ1) is 26.2. The van der Waals surface area contributed by atoms with Crippen LogP contribution in [0.15, 0.2) is 24.3 Å². The van der Waals surface area contributed by atoms with Gasteiger partial charge < -0.3 is 29.3 Å². The van der Waals surface area contributed by atoms with E-state index in [0.717, 1.165) is 83.0 Å². The summed E-state index contributed by atoms with van der Waals surface area (Å²) in [5, 5.41) is 9.72. The van der Waals surface area contributed by atoms with E-state index in [1.165, 1.54) is 32.1 Å². The molecule has 0 aliphatic heterocycles. The van der Waals surface area contributed by atoms with Crippen LogP contribution in [-0.2, 0) is 46.6 Å². The molecule has 0 saturated heterocycles. The van der Waals surface area contributed by atoms with Crippen molar-refractivity contribution in [3.63, 3.8) is 0 Å². The van der Waals surface area contributed by atoms with E-state index in [-0.39, 0.29) is 18.6 Å². The predicted octanol–water partition coefficient (Wildman–Crippen LogP) is 8.98. The lowest BCUT2D eigenvalue weighted by Gasteiger charge is -2.20. The summed E-state index contributed by atoms with van der Waals surface area (Å²) in [5.74, 6) is -0.161. The molecule has 0 amide bonds. The second-order valence-corrected chi connectivity index (χ2v) is 16.9. The van der Waals surface area contributed by atoms with Crippen LogP contribution in [0.25, 0.3) is 0 Å². The number of ketones is 1. The highest BCUT2D eigenvalue weighted by Gasteiger charge is 2.28. The van der Waals surface area contributed by atoms with Gasteiger partial charge in [-0.05, 0) is 44.1 Å². The van der Waals surface area contributed by atoms with Crippen LogP contribution in [0.2, 0.25) is 0 Å². The second-order valence-electron chi connectivity index (χ2n) is 14.2. The summed E-state index contributed by atoms with van der Waals surface area (Å²) in [6, 6.07) is 0. The molecule has 0 fully saturated rings. The van der Waals surface area contributed by atoms with Crippen LogP contribution in [0.5, 0.6) is 0 Å². The SMILES string of the molecule is CCCCCC(=O)/C=C/C=C\CCCCCCCC(=O)OC[C@H](COP(=O)(O)OC[C@@H](O)COP(=O)(O)O)OC(=O)CCCCCCCCCCC(C)CC. The molecule has 0 saturated carbocycles. The molecule has 0 radical (unpaired) electrons. The van der Waals surface area contributed by atoms with Crippen molar-refractivity contribution in [2.45, 2.75) is 174 Å². The van der Waals surface area contributed by atoms with Crippen LogP contribution in [-0.4, -0.2) is 76.1 Å². The van der Waals surface area contributed by atoms with Crippen LogP contribution < -0.4 is 0 Å². The number of carbonyl (C=O) groups is 3. The topological polar surface area (TPSA) is 212 Å². The standard InChI is InChI=1S/C39H72O14P2/c1-4-6-20-26-35(40)27-22-17-13-8-7-9-14-18-23-28-38(42)49-32-37(33-52-55(47,48)51-31-36(41)30-50-54(44,45)46)53-39(43)29-24-19-15-11-10-12-16-21-25-34(3)5-2/h13,17,22,27,34,36-37,41H,4-12,14-16,18-21,23-26,28-33H2,1-3H3,(H,47,48)(H2,44,45,46)/b17-13-,27-22+/t34?,36-,37+/m0/s1. The van der Waals surface area contributed by atoms with Crippen molar-refractivity contribution in [2.75, 3.05) is 26.4 Å². The monoisotopic (exact) mass is 826 g/mol. The predicted molar refractivity (Wildman–Crippen MR) is 212 cm³/mol. The van der Waals surface area contributed by atoms with Gasteiger partial charge in [0.1, 0.15) is 12.7 Å². The van der Waals surface area contributed by atoms with E-state index >= 15 is 0 Å². The van der Waals surface area contributed by atoms with Gasteiger partial charge in [-0.15, -0.1) is 0 Å². The van der Waals surface area contributed by atoms with Crippen molar-refractivity contribution >= 4 is 33.4 Å². The maximum Gasteiger partial charge on any atom is 0.472 e. The molecule has 16 heteroatoms. The van der Waals surface area contributed by atoms with E-state index < -0.39 is 66.2 Å². The third-order valence-electron chi connectivity index (χ3n) is 8.85. The number of rotatable bonds is 38. The molecule has 14 nitrogen and oxygen atoms in total. The Morgan fingerprint density at radius 2 is 1.18 bits per heavy atom. The molecule has 322 valence electrons. The van der Waals surface area contributed by atoms with Gasteiger partial charge in [0.2, 0.25) is 0 Å². The van der Waals surface area contributed by atoms with Gasteiger partial charge in [-0.3, -0.25) is 28.0 Å². The Kier molecular flexibility index (Phi) is 33.2. The van der Waals surface area contributed by atoms with Crippen LogP contribution >= 0.6 is 15.6 Å². The number of unbranched alkanes of at least 4 members (excludes halogenated alkanes) is 14. The normalized spacial score (nSPS) is 14.9. The van der Waals surface area contributed by atoms with Crippen molar-refractivity contribution in [1.29, 1.82) is 0 Å². The Hall–Kier alpha value is -1.73. The highest BCUT2D eigenvalue weighted by Crippen LogP contribution is 2.43. The number of aliphatic hydroxyl groups excluding tert-OH is 1. The Bertz CT molecular complexity index is 1160. The zero-order valence-electron chi connectivity index (χ0n) is 33.7. The highest BCUT2D eigenvalue weighted by molar-refractivity contribution is 7.47. The van der Waals surface area contributed by atoms with Gasteiger partial charge in [0.25, 0.3) is 0 Å². The van der Waals surface area contributed by atoms with Gasteiger partial charge in [-0.2, -0.15) is 0 Å². The fourth-order valence-corrected chi connectivity index (χ4v) is 6.46. The number of carbonyl (C=O) groups excluding carboxylic acids is 3. The van der Waals surface area contributed by atoms with Crippen molar-refractivity contribution in [3.05, 3.63) is 24.3 Å². The van der Waals surface area contributed by atoms with Gasteiger partial charge in [0, 0.05) is 19.3 Å². The lowest BCUT2D eigenvalue weighted by Crippen LogP contribution is -2.30. The Labute approximate surface area is 330 Å². The van der Waals surface area contributed by atoms with Gasteiger partial charge in [0.15, 0.2) is 11.9 Å². The van der Waals surface area contributed by atoms with Gasteiger partial charge in [-0.25, -0.2) is 9.13 Å². The van der Waals surface area contributed by atoms with E-state index in [2.05, 4.69) is 29.8 Å². The first-order valence-electron chi connectivity index (χ1n) is 20.4. The summed E-state index contributed by atoms with van der Waals surface area (Å²) in [5.41, 5.74) is 0. The van der Waals surface area contributed by atoms with Crippen LogP contribution in [0.4, 0.5) is 0 Å². The molecule has 4 atom stereocenters. The summed E-state index contributed by atoms with van der Waals surface area (Å²) in [6.07, 6.45) is 24.6. The zero-order chi connectivity index (χ0) is 41.2. The Morgan fingerprint density at radius 1 is 0.636 bits per heavy atom. The smallest absolute Gasteiger partial charge is 0.462 e. The van der Waals surface area contributed by atoms with Gasteiger partial charge in [-0.1, -0.05) is 129 Å². The van der Waals surface area contributed by atoms with Gasteiger partial charge in [0.05, 0.1) is 19.8 Å². The number of hydrogen-bond acceptors (Lipinski definition) is 11. The number of hydrogen-bond donors (Lipinski definition) is 4. The van der Waals surface area contributed by atoms with Crippen LogP contribution in [0.1, 0.15) is 162 Å². The molecule has 2 unspecified atom stereocenters. The number of ether oxygens (including phenoxy) is 2. The minimum Gasteiger partial charge on any atom is -0.462 e. The molecule has 4 N–H and O–H groups in total. The molecular weight excluding hydrogens is 754 g/mol. The summed E-state index contributed by atoms with van der Waals surface area (Å²) in [7, 11) is -9.69. The minimum absolute atomic E-state index is 0.115. The van der Waals surface area contributed by atoms with Crippen molar-refractivity contribution in [2.24, 2.45) is 5.92 Å². The first kappa shape index (κ1) is 53.3. The molecule has 0 rings (SSSR count). The lowest BCUT2D eigenvalue weighted by molar-refractivity contribution is -0.161. The summed E-state index contributed by atoms with van der Waals surface area (Å²) < 4.78 is 47.6. The molecule has 0 aromatic rings. The number of phosphoric acid groups is 2. The zero-order valence-corrected chi connectivity index (χ0v) is 35.5. The quantitative estimate of drug-likeness (QED) is 0.0150. The molecule has 0 aliphatic rings. The third kappa shape index (κ3) is 37.6. The van der Waals surface area contributed by atoms with Crippen molar-refractivity contribution < 1.29 is 66.3 Å². The summed E-state index contributed by atoms with van der Waals surface area (Å²) in [6.45, 7) is 3.84. The van der Waals surface area contributed by atoms with E-state index in [1.807, 2.05) is 12.2 Å². The fraction of sp³-hybridized carbons (Fsp3) is 0.821. The lowest BCUT2D eigenvalue weighted by atomic mass is 9.99. The Balaban J connectivity index is 4.61. The number of aliphatic hydroxyl groups is 1. The molecule has 0 bridgehead atoms. The molecule has 0 aliphatic carbocycles. The van der Waals surface area contributed by atoms with Crippen LogP contribution in [0, 0.1) is 5.92 Å². The number of esters is 2. The highest BCUT2D eigenvalue weighted by atomic mass is 31.2. The number of phosphoric ester groups is 2. The van der Waals surface area contributed by atoms with E-state index in [1.54, 1.807) is 12.2 Å². The molecule has 0 spiro atoms. The van der Waals surface area contributed by atoms with Gasteiger partial charge >= 0.3 is 27.6 Å². The minimum atomic E-state index is -4.87. The van der Waals surface area contributed by atoms with Crippen molar-refractivity contribution in [3.8, 4) is 0 Å². The summed E-state index contributed by atoms with van der Waals surface area (Å²) in [4.78, 5) is 64.3. The van der Waals surface area contributed by atoms with Crippen molar-refractivity contribution in [1.82, 2.24) is 0 Å². The van der Waals surface area contributed by atoms with E-state index in [4.69, 9.17) is 23.8 Å².